The van der Waals surface area contributed by atoms with Gasteiger partial charge in [-0.05, 0) is 36.8 Å². The van der Waals surface area contributed by atoms with Gasteiger partial charge < -0.3 is 19.2 Å². The van der Waals surface area contributed by atoms with Gasteiger partial charge in [0.1, 0.15) is 5.58 Å². The highest BCUT2D eigenvalue weighted by Crippen LogP contribution is 2.27. The first-order valence-corrected chi connectivity index (χ1v) is 8.60. The van der Waals surface area contributed by atoms with Crippen molar-refractivity contribution in [1.29, 1.82) is 0 Å². The number of ether oxygens (including phenoxy) is 2. The summed E-state index contributed by atoms with van der Waals surface area (Å²) < 4.78 is 15.9. The van der Waals surface area contributed by atoms with Crippen molar-refractivity contribution in [3.63, 3.8) is 0 Å². The summed E-state index contributed by atoms with van der Waals surface area (Å²) in [5.74, 6) is -1.15. The Morgan fingerprint density at radius 3 is 2.70 bits per heavy atom. The molecular weight excluding hydrogens is 370 g/mol. The van der Waals surface area contributed by atoms with Crippen LogP contribution in [-0.2, 0) is 20.9 Å². The summed E-state index contributed by atoms with van der Waals surface area (Å²) in [6.45, 7) is 1.57. The van der Waals surface area contributed by atoms with Crippen LogP contribution in [0.5, 0.6) is 0 Å². The zero-order chi connectivity index (χ0) is 19.4. The maximum Gasteiger partial charge on any atom is 0.375 e. The SMILES string of the molecule is COCc1c(C(=O)OCC(=O)Nc2ccc(Cl)cc2C)oc2ccccc12. The van der Waals surface area contributed by atoms with Crippen LogP contribution in [0.1, 0.15) is 21.7 Å². The van der Waals surface area contributed by atoms with Crippen molar-refractivity contribution in [1.82, 2.24) is 0 Å². The third-order valence-corrected chi connectivity index (χ3v) is 4.20. The third-order valence-electron chi connectivity index (χ3n) is 3.97. The largest absolute Gasteiger partial charge is 0.450 e. The highest BCUT2D eigenvalue weighted by Gasteiger charge is 2.22. The second-order valence-electron chi connectivity index (χ2n) is 5.92. The molecule has 6 nitrogen and oxygen atoms in total. The minimum Gasteiger partial charge on any atom is -0.450 e. The van der Waals surface area contributed by atoms with Crippen LogP contribution in [0, 0.1) is 6.92 Å². The summed E-state index contributed by atoms with van der Waals surface area (Å²) >= 11 is 5.90. The van der Waals surface area contributed by atoms with Gasteiger partial charge in [0.25, 0.3) is 5.91 Å². The number of hydrogen-bond acceptors (Lipinski definition) is 5. The van der Waals surface area contributed by atoms with E-state index >= 15 is 0 Å². The number of furan rings is 1. The topological polar surface area (TPSA) is 77.8 Å². The summed E-state index contributed by atoms with van der Waals surface area (Å²) in [5.41, 5.74) is 2.55. The molecule has 0 spiro atoms. The average molecular weight is 388 g/mol. The van der Waals surface area contributed by atoms with E-state index in [1.807, 2.05) is 19.1 Å². The number of rotatable bonds is 6. The second kappa shape index (κ2) is 8.24. The summed E-state index contributed by atoms with van der Waals surface area (Å²) in [7, 11) is 1.53. The van der Waals surface area contributed by atoms with Crippen molar-refractivity contribution in [3.05, 3.63) is 64.4 Å². The number of esters is 1. The quantitative estimate of drug-likeness (QED) is 0.637. The van der Waals surface area contributed by atoms with Crippen molar-refractivity contribution >= 4 is 40.1 Å². The average Bonchev–Trinajstić information content (AvgIpc) is 3.01. The monoisotopic (exact) mass is 387 g/mol. The Morgan fingerprint density at radius 1 is 1.19 bits per heavy atom. The Hall–Kier alpha value is -2.83. The molecule has 0 atom stereocenters. The number of anilines is 1. The number of methoxy groups -OCH3 is 1. The van der Waals surface area contributed by atoms with E-state index in [1.165, 1.54) is 7.11 Å². The highest BCUT2D eigenvalue weighted by molar-refractivity contribution is 6.30. The first-order chi connectivity index (χ1) is 13.0. The second-order valence-corrected chi connectivity index (χ2v) is 6.36. The fourth-order valence-electron chi connectivity index (χ4n) is 2.70. The molecule has 2 aromatic carbocycles. The fraction of sp³-hybridized carbons (Fsp3) is 0.200. The Bertz CT molecular complexity index is 995. The summed E-state index contributed by atoms with van der Waals surface area (Å²) in [5, 5.41) is 4.03. The molecule has 3 rings (SSSR count). The molecule has 140 valence electrons. The van der Waals surface area contributed by atoms with Gasteiger partial charge in [0, 0.05) is 28.8 Å². The number of amides is 1. The molecule has 0 saturated heterocycles. The van der Waals surface area contributed by atoms with Crippen LogP contribution < -0.4 is 5.32 Å². The zero-order valence-corrected chi connectivity index (χ0v) is 15.6. The molecule has 3 aromatic rings. The number of fused-ring (bicyclic) bond motifs is 1. The van der Waals surface area contributed by atoms with Crippen molar-refractivity contribution in [3.8, 4) is 0 Å². The van der Waals surface area contributed by atoms with Crippen molar-refractivity contribution < 1.29 is 23.5 Å². The molecular formula is C20H18ClNO5. The van der Waals surface area contributed by atoms with Gasteiger partial charge in [0.05, 0.1) is 6.61 Å². The standard InChI is InChI=1S/C20H18ClNO5/c1-12-9-13(21)7-8-16(12)22-18(23)11-26-20(24)19-15(10-25-2)14-5-3-4-6-17(14)27-19/h3-9H,10-11H2,1-2H3,(H,22,23). The molecule has 0 aliphatic carbocycles. The van der Waals surface area contributed by atoms with E-state index in [9.17, 15) is 9.59 Å². The van der Waals surface area contributed by atoms with Gasteiger partial charge in [-0.2, -0.15) is 0 Å². The molecule has 1 N–H and O–H groups in total. The minimum absolute atomic E-state index is 0.0357. The van der Waals surface area contributed by atoms with E-state index in [-0.39, 0.29) is 12.4 Å². The van der Waals surface area contributed by atoms with Crippen molar-refractivity contribution in [2.75, 3.05) is 19.0 Å². The number of aryl methyl sites for hydroxylation is 1. The normalized spacial score (nSPS) is 10.8. The number of halogens is 1. The number of carbonyl (C=O) groups is 2. The number of carbonyl (C=O) groups excluding carboxylic acids is 2. The number of nitrogens with one attached hydrogen (secondary N) is 1. The molecule has 0 saturated carbocycles. The lowest BCUT2D eigenvalue weighted by Gasteiger charge is -2.09. The molecule has 1 heterocycles. The van der Waals surface area contributed by atoms with Crippen LogP contribution in [-0.4, -0.2) is 25.6 Å². The van der Waals surface area contributed by atoms with Crippen molar-refractivity contribution in [2.45, 2.75) is 13.5 Å². The van der Waals surface area contributed by atoms with E-state index in [0.717, 1.165) is 10.9 Å². The molecule has 7 heteroatoms. The van der Waals surface area contributed by atoms with Gasteiger partial charge in [-0.1, -0.05) is 29.8 Å². The molecule has 0 unspecified atom stereocenters. The molecule has 0 fully saturated rings. The molecule has 1 aromatic heterocycles. The highest BCUT2D eigenvalue weighted by atomic mass is 35.5. The predicted molar refractivity (Wildman–Crippen MR) is 102 cm³/mol. The Kier molecular flexibility index (Phi) is 5.78. The maximum atomic E-state index is 12.4. The molecule has 0 aliphatic heterocycles. The van der Waals surface area contributed by atoms with Gasteiger partial charge in [-0.15, -0.1) is 0 Å². The van der Waals surface area contributed by atoms with Crippen molar-refractivity contribution in [2.24, 2.45) is 0 Å². The molecule has 27 heavy (non-hydrogen) atoms. The summed E-state index contributed by atoms with van der Waals surface area (Å²) in [4.78, 5) is 24.5. The first-order valence-electron chi connectivity index (χ1n) is 8.22. The van der Waals surface area contributed by atoms with E-state index in [1.54, 1.807) is 30.3 Å². The number of benzene rings is 2. The smallest absolute Gasteiger partial charge is 0.375 e. The lowest BCUT2D eigenvalue weighted by atomic mass is 10.1. The molecule has 0 radical (unpaired) electrons. The Balaban J connectivity index is 1.69. The molecule has 1 amide bonds. The number of hydrogen-bond donors (Lipinski definition) is 1. The van der Waals surface area contributed by atoms with E-state index in [0.29, 0.717) is 21.9 Å². The minimum atomic E-state index is -0.721. The van der Waals surface area contributed by atoms with Crippen LogP contribution in [0.25, 0.3) is 11.0 Å². The van der Waals surface area contributed by atoms with E-state index in [4.69, 9.17) is 25.5 Å². The third kappa shape index (κ3) is 4.30. The lowest BCUT2D eigenvalue weighted by Crippen LogP contribution is -2.21. The van der Waals surface area contributed by atoms with Gasteiger partial charge in [-0.3, -0.25) is 4.79 Å². The first kappa shape index (κ1) is 18.9. The van der Waals surface area contributed by atoms with Crippen LogP contribution >= 0.6 is 11.6 Å². The van der Waals surface area contributed by atoms with Gasteiger partial charge in [-0.25, -0.2) is 4.79 Å². The van der Waals surface area contributed by atoms with Gasteiger partial charge in [0.2, 0.25) is 5.76 Å². The van der Waals surface area contributed by atoms with Crippen LogP contribution in [0.3, 0.4) is 0 Å². The lowest BCUT2D eigenvalue weighted by molar-refractivity contribution is -0.119. The maximum absolute atomic E-state index is 12.4. The van der Waals surface area contributed by atoms with E-state index < -0.39 is 18.5 Å². The van der Waals surface area contributed by atoms with Crippen LogP contribution in [0.4, 0.5) is 5.69 Å². The van der Waals surface area contributed by atoms with Gasteiger partial charge >= 0.3 is 5.97 Å². The van der Waals surface area contributed by atoms with Crippen LogP contribution in [0.2, 0.25) is 5.02 Å². The zero-order valence-electron chi connectivity index (χ0n) is 14.9. The predicted octanol–water partition coefficient (Wildman–Crippen LogP) is 4.34. The van der Waals surface area contributed by atoms with Crippen LogP contribution in [0.15, 0.2) is 46.9 Å². The molecule has 0 aliphatic rings. The van der Waals surface area contributed by atoms with Gasteiger partial charge in [0.15, 0.2) is 6.61 Å². The summed E-state index contributed by atoms with van der Waals surface area (Å²) in [6.07, 6.45) is 0. The Morgan fingerprint density at radius 2 is 1.96 bits per heavy atom. The number of para-hydroxylation sites is 1. The fourth-order valence-corrected chi connectivity index (χ4v) is 2.93. The Labute approximate surface area is 161 Å². The summed E-state index contributed by atoms with van der Waals surface area (Å²) in [6, 6.07) is 12.3. The molecule has 0 bridgehead atoms. The van der Waals surface area contributed by atoms with E-state index in [2.05, 4.69) is 5.32 Å².